The van der Waals surface area contributed by atoms with Gasteiger partial charge < -0.3 is 15.7 Å². The first kappa shape index (κ1) is 14.8. The van der Waals surface area contributed by atoms with Gasteiger partial charge >= 0.3 is 5.97 Å². The van der Waals surface area contributed by atoms with Crippen molar-refractivity contribution in [2.75, 3.05) is 11.9 Å². The maximum absolute atomic E-state index is 12.4. The molecule has 112 valence electrons. The third-order valence-corrected chi connectivity index (χ3v) is 5.17. The van der Waals surface area contributed by atoms with Crippen LogP contribution in [0.4, 0.5) is 5.69 Å². The predicted octanol–water partition coefficient (Wildman–Crippen LogP) is 2.32. The number of amides is 1. The molecular formula is C15H17IN2O3. The summed E-state index contributed by atoms with van der Waals surface area (Å²) >= 11 is 2.06. The lowest BCUT2D eigenvalue weighted by atomic mass is 9.93. The third kappa shape index (κ3) is 2.91. The van der Waals surface area contributed by atoms with Crippen molar-refractivity contribution in [2.45, 2.75) is 25.3 Å². The normalized spacial score (nSPS) is 27.4. The van der Waals surface area contributed by atoms with Crippen LogP contribution in [0.3, 0.4) is 0 Å². The topological polar surface area (TPSA) is 78.4 Å². The molecule has 3 rings (SSSR count). The molecule has 3 unspecified atom stereocenters. The second kappa shape index (κ2) is 5.92. The average Bonchev–Trinajstić information content (AvgIpc) is 3.02. The molecule has 1 amide bonds. The maximum Gasteiger partial charge on any atom is 0.337 e. The summed E-state index contributed by atoms with van der Waals surface area (Å²) in [6.45, 7) is 0.890. The van der Waals surface area contributed by atoms with Gasteiger partial charge in [0.1, 0.15) is 0 Å². The summed E-state index contributed by atoms with van der Waals surface area (Å²) in [6.07, 6.45) is 3.45. The van der Waals surface area contributed by atoms with E-state index in [0.717, 1.165) is 16.5 Å². The summed E-state index contributed by atoms with van der Waals surface area (Å²) in [4.78, 5) is 23.7. The van der Waals surface area contributed by atoms with Crippen LogP contribution in [0.15, 0.2) is 18.2 Å². The Bertz CT molecular complexity index is 590. The van der Waals surface area contributed by atoms with Crippen LogP contribution < -0.4 is 10.6 Å². The quantitative estimate of drug-likeness (QED) is 0.681. The Kier molecular flexibility index (Phi) is 4.17. The Labute approximate surface area is 136 Å². The van der Waals surface area contributed by atoms with Crippen LogP contribution in [-0.2, 0) is 4.79 Å². The first-order valence-electron chi connectivity index (χ1n) is 7.13. The average molecular weight is 400 g/mol. The summed E-state index contributed by atoms with van der Waals surface area (Å²) < 4.78 is 0.831. The highest BCUT2D eigenvalue weighted by Gasteiger charge is 2.42. The fourth-order valence-corrected chi connectivity index (χ4v) is 3.98. The Morgan fingerprint density at radius 1 is 1.33 bits per heavy atom. The second-order valence-electron chi connectivity index (χ2n) is 5.73. The molecule has 3 atom stereocenters. The number of carboxylic acids is 1. The van der Waals surface area contributed by atoms with Gasteiger partial charge in [0.25, 0.3) is 0 Å². The van der Waals surface area contributed by atoms with Crippen LogP contribution in [-0.4, -0.2) is 29.6 Å². The molecule has 0 radical (unpaired) electrons. The largest absolute Gasteiger partial charge is 0.478 e. The summed E-state index contributed by atoms with van der Waals surface area (Å²) in [5.74, 6) is -0.159. The van der Waals surface area contributed by atoms with Crippen molar-refractivity contribution in [1.82, 2.24) is 5.32 Å². The van der Waals surface area contributed by atoms with Gasteiger partial charge in [0, 0.05) is 3.57 Å². The zero-order chi connectivity index (χ0) is 15.0. The number of fused-ring (bicyclic) bond motifs is 1. The van der Waals surface area contributed by atoms with E-state index in [-0.39, 0.29) is 17.5 Å². The van der Waals surface area contributed by atoms with Crippen molar-refractivity contribution in [3.8, 4) is 0 Å². The summed E-state index contributed by atoms with van der Waals surface area (Å²) in [5, 5.41) is 15.3. The number of anilines is 1. The molecule has 1 aliphatic heterocycles. The Hall–Kier alpha value is -1.15. The highest BCUT2D eigenvalue weighted by atomic mass is 127. The molecule has 0 bridgehead atoms. The summed E-state index contributed by atoms with van der Waals surface area (Å²) in [6, 6.07) is 4.82. The van der Waals surface area contributed by atoms with Crippen molar-refractivity contribution in [1.29, 1.82) is 0 Å². The highest BCUT2D eigenvalue weighted by molar-refractivity contribution is 14.1. The Morgan fingerprint density at radius 2 is 2.14 bits per heavy atom. The number of nitrogens with one attached hydrogen (secondary N) is 2. The summed E-state index contributed by atoms with van der Waals surface area (Å²) in [5.41, 5.74) is 0.507. The zero-order valence-electron chi connectivity index (χ0n) is 11.4. The molecular weight excluding hydrogens is 383 g/mol. The van der Waals surface area contributed by atoms with Gasteiger partial charge in [-0.1, -0.05) is 6.42 Å². The predicted molar refractivity (Wildman–Crippen MR) is 87.4 cm³/mol. The highest BCUT2D eigenvalue weighted by Crippen LogP contribution is 2.38. The molecule has 2 aliphatic rings. The SMILES string of the molecule is O=C(O)c1cc(I)ccc1NC(=O)C1NCC2CCCC21. The Morgan fingerprint density at radius 3 is 2.90 bits per heavy atom. The van der Waals surface area contributed by atoms with Crippen molar-refractivity contribution in [3.05, 3.63) is 27.3 Å². The van der Waals surface area contributed by atoms with Gasteiger partial charge in [-0.05, 0) is 72.0 Å². The molecule has 1 heterocycles. The number of hydrogen-bond acceptors (Lipinski definition) is 3. The smallest absolute Gasteiger partial charge is 0.337 e. The number of carbonyl (C=O) groups excluding carboxylic acids is 1. The van der Waals surface area contributed by atoms with Crippen LogP contribution >= 0.6 is 22.6 Å². The van der Waals surface area contributed by atoms with Gasteiger partial charge in [-0.25, -0.2) is 4.79 Å². The van der Waals surface area contributed by atoms with E-state index < -0.39 is 5.97 Å². The molecule has 1 aromatic carbocycles. The fraction of sp³-hybridized carbons (Fsp3) is 0.467. The maximum atomic E-state index is 12.4. The van der Waals surface area contributed by atoms with Crippen molar-refractivity contribution in [3.63, 3.8) is 0 Å². The number of carboxylic acid groups (broad SMARTS) is 1. The number of hydrogen-bond donors (Lipinski definition) is 3. The number of halogens is 1. The standard InChI is InChI=1S/C15H17IN2O3/c16-9-4-5-12(11(6-9)15(20)21)18-14(19)13-10-3-1-2-8(10)7-17-13/h4-6,8,10,13,17H,1-3,7H2,(H,18,19)(H,20,21). The van der Waals surface area contributed by atoms with E-state index in [1.807, 2.05) is 0 Å². The number of rotatable bonds is 3. The lowest BCUT2D eigenvalue weighted by molar-refractivity contribution is -0.118. The molecule has 21 heavy (non-hydrogen) atoms. The molecule has 0 aromatic heterocycles. The molecule has 2 fully saturated rings. The van der Waals surface area contributed by atoms with Gasteiger partial charge in [-0.15, -0.1) is 0 Å². The van der Waals surface area contributed by atoms with Gasteiger partial charge in [0.15, 0.2) is 0 Å². The van der Waals surface area contributed by atoms with E-state index in [1.165, 1.54) is 12.8 Å². The first-order chi connectivity index (χ1) is 10.1. The van der Waals surface area contributed by atoms with Gasteiger partial charge in [0.05, 0.1) is 17.3 Å². The molecule has 1 saturated carbocycles. The van der Waals surface area contributed by atoms with Crippen LogP contribution in [0.5, 0.6) is 0 Å². The van der Waals surface area contributed by atoms with Crippen LogP contribution in [0.25, 0.3) is 0 Å². The molecule has 6 heteroatoms. The van der Waals surface area contributed by atoms with E-state index in [1.54, 1.807) is 18.2 Å². The van der Waals surface area contributed by atoms with E-state index in [4.69, 9.17) is 0 Å². The van der Waals surface area contributed by atoms with E-state index in [2.05, 4.69) is 33.2 Å². The minimum Gasteiger partial charge on any atom is -0.478 e. The van der Waals surface area contributed by atoms with E-state index in [0.29, 0.717) is 17.5 Å². The van der Waals surface area contributed by atoms with Crippen LogP contribution in [0.1, 0.15) is 29.6 Å². The third-order valence-electron chi connectivity index (χ3n) is 4.50. The van der Waals surface area contributed by atoms with Gasteiger partial charge in [0.2, 0.25) is 5.91 Å². The van der Waals surface area contributed by atoms with E-state index in [9.17, 15) is 14.7 Å². The minimum absolute atomic E-state index is 0.117. The first-order valence-corrected chi connectivity index (χ1v) is 8.21. The lowest BCUT2D eigenvalue weighted by Gasteiger charge is -2.18. The Balaban J connectivity index is 1.77. The van der Waals surface area contributed by atoms with Gasteiger partial charge in [-0.2, -0.15) is 0 Å². The molecule has 3 N–H and O–H groups in total. The van der Waals surface area contributed by atoms with Crippen LogP contribution in [0.2, 0.25) is 0 Å². The molecule has 1 aromatic rings. The zero-order valence-corrected chi connectivity index (χ0v) is 13.6. The number of carbonyl (C=O) groups is 2. The minimum atomic E-state index is -1.03. The van der Waals surface area contributed by atoms with Crippen molar-refractivity contribution < 1.29 is 14.7 Å². The fourth-order valence-electron chi connectivity index (χ4n) is 3.49. The lowest BCUT2D eigenvalue weighted by Crippen LogP contribution is -2.40. The monoisotopic (exact) mass is 400 g/mol. The summed E-state index contributed by atoms with van der Waals surface area (Å²) in [7, 11) is 0. The number of aromatic carboxylic acids is 1. The van der Waals surface area contributed by atoms with Gasteiger partial charge in [-0.3, -0.25) is 4.79 Å². The second-order valence-corrected chi connectivity index (χ2v) is 6.97. The molecule has 5 nitrogen and oxygen atoms in total. The molecule has 1 saturated heterocycles. The number of benzene rings is 1. The van der Waals surface area contributed by atoms with Crippen molar-refractivity contribution >= 4 is 40.2 Å². The van der Waals surface area contributed by atoms with Crippen molar-refractivity contribution in [2.24, 2.45) is 11.8 Å². The molecule has 0 spiro atoms. The van der Waals surface area contributed by atoms with Crippen LogP contribution in [0, 0.1) is 15.4 Å². The molecule has 1 aliphatic carbocycles. The van der Waals surface area contributed by atoms with E-state index >= 15 is 0 Å².